The van der Waals surface area contributed by atoms with E-state index in [4.69, 9.17) is 5.73 Å². The lowest BCUT2D eigenvalue weighted by molar-refractivity contribution is -0.131. The molecule has 1 radical (unpaired) electrons. The summed E-state index contributed by atoms with van der Waals surface area (Å²) in [7, 11) is -0.672. The number of hydrogen-bond acceptors (Lipinski definition) is 6. The quantitative estimate of drug-likeness (QED) is 0.628. The van der Waals surface area contributed by atoms with Gasteiger partial charge in [-0.05, 0) is 32.1 Å². The monoisotopic (exact) mass is 384 g/mol. The second-order valence-electron chi connectivity index (χ2n) is 7.29. The molecule has 0 saturated carbocycles. The molecule has 1 aromatic rings. The Balaban J connectivity index is 1.68. The highest BCUT2D eigenvalue weighted by Crippen LogP contribution is 2.43. The summed E-state index contributed by atoms with van der Waals surface area (Å²) in [5, 5.41) is 10.5. The summed E-state index contributed by atoms with van der Waals surface area (Å²) in [6.45, 7) is 0.129. The Morgan fingerprint density at radius 3 is 2.92 bits per heavy atom. The number of aromatic nitrogens is 2. The normalized spacial score (nSPS) is 27.8. The van der Waals surface area contributed by atoms with Crippen LogP contribution in [0.25, 0.3) is 0 Å². The number of carbonyl (C=O) groups is 1. The highest BCUT2D eigenvalue weighted by Gasteiger charge is 2.53. The number of piperidine rings is 1. The van der Waals surface area contributed by atoms with E-state index in [0.717, 1.165) is 17.1 Å². The smallest absolute Gasteiger partial charge is 0.261 e. The van der Waals surface area contributed by atoms with E-state index in [1.807, 2.05) is 4.90 Å². The first-order valence-corrected chi connectivity index (χ1v) is 10.1. The van der Waals surface area contributed by atoms with Crippen molar-refractivity contribution in [3.63, 3.8) is 0 Å². The molecule has 1 aromatic heterocycles. The summed E-state index contributed by atoms with van der Waals surface area (Å²) in [4.78, 5) is 17.9. The summed E-state index contributed by atoms with van der Waals surface area (Å²) in [6.07, 6.45) is 6.94. The van der Waals surface area contributed by atoms with Crippen LogP contribution in [0.2, 0.25) is 0 Å². The molecular weight excluding hydrogens is 358 g/mol. The average Bonchev–Trinajstić information content (AvgIpc) is 3.06. The van der Waals surface area contributed by atoms with Crippen molar-refractivity contribution in [2.24, 2.45) is 12.8 Å². The topological polar surface area (TPSA) is 122 Å². The van der Waals surface area contributed by atoms with Gasteiger partial charge in [0, 0.05) is 39.4 Å². The molecule has 2 fully saturated rings. The number of sulfonamides is 1. The fraction of sp³-hybridized carbons (Fsp3) is 0.688. The number of carbonyl (C=O) groups excluding carboxylic acids is 1. The molecular formula is C16H26N5O4S. The summed E-state index contributed by atoms with van der Waals surface area (Å²) < 4.78 is 27.7. The van der Waals surface area contributed by atoms with E-state index in [9.17, 15) is 18.3 Å². The first-order chi connectivity index (χ1) is 12.2. The number of rotatable bonds is 7. The molecule has 1 unspecified atom stereocenters. The van der Waals surface area contributed by atoms with Crippen LogP contribution in [0.15, 0.2) is 17.6 Å². The second kappa shape index (κ2) is 6.91. The number of imidazole rings is 1. The standard InChI is InChI=1S/C16H26N5O4S/c1-19-10-14(18-11-19)26(24,25)20(2)8-13(22)9-21-12-4-3-6-16(21,7-5-12)15(17)23/h3,10-13,22H,4-9H2,1-2H3,(H2,17,23)/t12-,13?,16+/m1/s1. The lowest BCUT2D eigenvalue weighted by Crippen LogP contribution is -2.60. The first-order valence-electron chi connectivity index (χ1n) is 8.67. The van der Waals surface area contributed by atoms with Gasteiger partial charge >= 0.3 is 0 Å². The van der Waals surface area contributed by atoms with Crippen LogP contribution in [0.3, 0.4) is 0 Å². The Kier molecular flexibility index (Phi) is 5.13. The van der Waals surface area contributed by atoms with Crippen LogP contribution in [0.5, 0.6) is 0 Å². The molecule has 145 valence electrons. The fourth-order valence-electron chi connectivity index (χ4n) is 4.08. The maximum Gasteiger partial charge on any atom is 0.261 e. The minimum Gasteiger partial charge on any atom is -0.390 e. The van der Waals surface area contributed by atoms with Gasteiger partial charge in [0.2, 0.25) is 5.91 Å². The number of amides is 1. The molecule has 3 rings (SSSR count). The van der Waals surface area contributed by atoms with Crippen LogP contribution in [-0.2, 0) is 21.9 Å². The van der Waals surface area contributed by atoms with Crippen molar-refractivity contribution in [3.8, 4) is 0 Å². The number of fused-ring (bicyclic) bond motifs is 2. The first kappa shape index (κ1) is 19.3. The Morgan fingerprint density at radius 2 is 2.31 bits per heavy atom. The molecule has 2 bridgehead atoms. The van der Waals surface area contributed by atoms with Crippen LogP contribution in [-0.4, -0.2) is 76.0 Å². The minimum absolute atomic E-state index is 0.0593. The largest absolute Gasteiger partial charge is 0.390 e. The van der Waals surface area contributed by atoms with Crippen molar-refractivity contribution in [1.82, 2.24) is 18.8 Å². The van der Waals surface area contributed by atoms with Crippen LogP contribution in [0.4, 0.5) is 0 Å². The van der Waals surface area contributed by atoms with E-state index in [-0.39, 0.29) is 30.1 Å². The molecule has 10 heteroatoms. The van der Waals surface area contributed by atoms with E-state index in [2.05, 4.69) is 11.4 Å². The Morgan fingerprint density at radius 1 is 1.58 bits per heavy atom. The van der Waals surface area contributed by atoms with E-state index in [0.29, 0.717) is 12.8 Å². The molecule has 2 aliphatic rings. The molecule has 26 heavy (non-hydrogen) atoms. The van der Waals surface area contributed by atoms with Gasteiger partial charge in [-0.1, -0.05) is 0 Å². The Hall–Kier alpha value is -1.49. The molecule has 0 aliphatic carbocycles. The second-order valence-corrected chi connectivity index (χ2v) is 9.28. The van der Waals surface area contributed by atoms with Gasteiger partial charge in [0.25, 0.3) is 10.0 Å². The third kappa shape index (κ3) is 3.26. The minimum atomic E-state index is -3.77. The van der Waals surface area contributed by atoms with Crippen LogP contribution in [0, 0.1) is 6.42 Å². The van der Waals surface area contributed by atoms with Gasteiger partial charge in [0.05, 0.1) is 12.4 Å². The van der Waals surface area contributed by atoms with Gasteiger partial charge in [-0.25, -0.2) is 13.4 Å². The third-order valence-electron chi connectivity index (χ3n) is 5.49. The zero-order valence-corrected chi connectivity index (χ0v) is 15.9. The molecule has 1 amide bonds. The predicted octanol–water partition coefficient (Wildman–Crippen LogP) is -0.912. The zero-order valence-electron chi connectivity index (χ0n) is 15.1. The van der Waals surface area contributed by atoms with Crippen LogP contribution in [0.1, 0.15) is 25.7 Å². The van der Waals surface area contributed by atoms with E-state index in [1.165, 1.54) is 19.6 Å². The fourth-order valence-corrected chi connectivity index (χ4v) is 5.25. The summed E-state index contributed by atoms with van der Waals surface area (Å²) in [6, 6.07) is 0.170. The Labute approximate surface area is 153 Å². The van der Waals surface area contributed by atoms with Gasteiger partial charge in [0.1, 0.15) is 5.54 Å². The highest BCUT2D eigenvalue weighted by atomic mass is 32.2. The van der Waals surface area contributed by atoms with Gasteiger partial charge in [-0.3, -0.25) is 9.69 Å². The number of primary amides is 1. The van der Waals surface area contributed by atoms with E-state index < -0.39 is 21.7 Å². The number of aryl methyl sites for hydroxylation is 1. The van der Waals surface area contributed by atoms with Gasteiger partial charge in [-0.15, -0.1) is 0 Å². The number of likely N-dealkylation sites (N-methyl/N-ethyl adjacent to an activating group) is 1. The van der Waals surface area contributed by atoms with Gasteiger partial charge < -0.3 is 15.4 Å². The SMILES string of the molecule is CN(CC(O)CN1[C@@H]2C[CH]C[C@@]1(C(N)=O)CC2)S(=O)(=O)c1cn(C)cn1. The average molecular weight is 384 g/mol. The number of hydrogen-bond donors (Lipinski definition) is 2. The summed E-state index contributed by atoms with van der Waals surface area (Å²) >= 11 is 0. The lowest BCUT2D eigenvalue weighted by atomic mass is 9.87. The number of β-amino-alcohol motifs (C(OH)–C–C–N with tert-alkyl or cyclic N) is 1. The maximum absolute atomic E-state index is 12.5. The maximum atomic E-state index is 12.5. The molecule has 2 saturated heterocycles. The van der Waals surface area contributed by atoms with Gasteiger partial charge in [-0.2, -0.15) is 4.31 Å². The van der Waals surface area contributed by atoms with Crippen molar-refractivity contribution in [2.45, 2.75) is 48.4 Å². The summed E-state index contributed by atoms with van der Waals surface area (Å²) in [5.41, 5.74) is 4.91. The molecule has 0 aromatic carbocycles. The number of nitrogens with two attached hydrogens (primary N) is 1. The van der Waals surface area contributed by atoms with Crippen molar-refractivity contribution >= 4 is 15.9 Å². The van der Waals surface area contributed by atoms with Crippen molar-refractivity contribution in [1.29, 1.82) is 0 Å². The zero-order chi connectivity index (χ0) is 19.1. The van der Waals surface area contributed by atoms with Crippen LogP contribution < -0.4 is 5.73 Å². The van der Waals surface area contributed by atoms with E-state index in [1.54, 1.807) is 11.6 Å². The Bertz CT molecular complexity index is 775. The van der Waals surface area contributed by atoms with Crippen molar-refractivity contribution in [3.05, 3.63) is 18.9 Å². The summed E-state index contributed by atoms with van der Waals surface area (Å²) in [5.74, 6) is -0.377. The lowest BCUT2D eigenvalue weighted by Gasteiger charge is -2.43. The van der Waals surface area contributed by atoms with Gasteiger partial charge in [0.15, 0.2) is 5.03 Å². The number of aliphatic hydroxyl groups is 1. The molecule has 3 N–H and O–H groups in total. The highest BCUT2D eigenvalue weighted by molar-refractivity contribution is 7.89. The van der Waals surface area contributed by atoms with Crippen LogP contribution >= 0.6 is 0 Å². The third-order valence-corrected chi connectivity index (χ3v) is 7.20. The van der Waals surface area contributed by atoms with E-state index >= 15 is 0 Å². The molecule has 2 aliphatic heterocycles. The van der Waals surface area contributed by atoms with Crippen molar-refractivity contribution in [2.75, 3.05) is 20.1 Å². The molecule has 3 heterocycles. The predicted molar refractivity (Wildman–Crippen MR) is 94.2 cm³/mol. The molecule has 9 nitrogen and oxygen atoms in total. The number of aliphatic hydroxyl groups excluding tert-OH is 1. The number of nitrogens with zero attached hydrogens (tertiary/aromatic N) is 4. The molecule has 0 spiro atoms. The van der Waals surface area contributed by atoms with Crippen molar-refractivity contribution < 1.29 is 18.3 Å². The molecule has 3 atom stereocenters.